The highest BCUT2D eigenvalue weighted by molar-refractivity contribution is 6.02. The van der Waals surface area contributed by atoms with Gasteiger partial charge in [-0.3, -0.25) is 0 Å². The van der Waals surface area contributed by atoms with Crippen molar-refractivity contribution in [1.82, 2.24) is 0 Å². The van der Waals surface area contributed by atoms with E-state index in [1.807, 2.05) is 37.3 Å². The zero-order chi connectivity index (χ0) is 12.0. The third-order valence-electron chi connectivity index (χ3n) is 2.16. The first-order valence-corrected chi connectivity index (χ1v) is 5.07. The molecule has 1 aromatic carbocycles. The standard InChI is InChI=1S/C11H17N5.ClH/c1-8(7-12)10(15-16-11(13)14)9-5-3-2-4-6-9;/h2-6,8H,7,12H2,1H3,(H4,13,14,16);1H. The molecule has 6 heteroatoms. The second kappa shape index (κ2) is 7.65. The van der Waals surface area contributed by atoms with Crippen molar-refractivity contribution in [3.63, 3.8) is 0 Å². The molecular weight excluding hydrogens is 238 g/mol. The molecule has 1 aromatic rings. The van der Waals surface area contributed by atoms with Gasteiger partial charge in [0.1, 0.15) is 0 Å². The van der Waals surface area contributed by atoms with E-state index in [-0.39, 0.29) is 24.3 Å². The molecular formula is C11H18ClN5. The normalized spacial score (nSPS) is 12.5. The Hall–Kier alpha value is -1.59. The highest BCUT2D eigenvalue weighted by Gasteiger charge is 2.11. The molecule has 17 heavy (non-hydrogen) atoms. The van der Waals surface area contributed by atoms with Gasteiger partial charge in [-0.05, 0) is 5.56 Å². The van der Waals surface area contributed by atoms with E-state index in [0.717, 1.165) is 11.3 Å². The van der Waals surface area contributed by atoms with Crippen LogP contribution in [0.2, 0.25) is 0 Å². The molecule has 5 nitrogen and oxygen atoms in total. The lowest BCUT2D eigenvalue weighted by Gasteiger charge is -2.11. The van der Waals surface area contributed by atoms with Crippen molar-refractivity contribution in [2.24, 2.45) is 33.3 Å². The lowest BCUT2D eigenvalue weighted by Crippen LogP contribution is -2.24. The highest BCUT2D eigenvalue weighted by Crippen LogP contribution is 2.09. The number of nitrogens with zero attached hydrogens (tertiary/aromatic N) is 2. The Morgan fingerprint density at radius 2 is 1.76 bits per heavy atom. The van der Waals surface area contributed by atoms with E-state index in [1.54, 1.807) is 0 Å². The number of hydrogen-bond acceptors (Lipinski definition) is 3. The Morgan fingerprint density at radius 3 is 2.24 bits per heavy atom. The fraction of sp³-hybridized carbons (Fsp3) is 0.273. The van der Waals surface area contributed by atoms with Crippen LogP contribution in [0.25, 0.3) is 0 Å². The summed E-state index contributed by atoms with van der Waals surface area (Å²) in [6.45, 7) is 2.47. The van der Waals surface area contributed by atoms with Crippen LogP contribution in [0, 0.1) is 5.92 Å². The monoisotopic (exact) mass is 255 g/mol. The Balaban J connectivity index is 0.00000256. The topological polar surface area (TPSA) is 103 Å². The van der Waals surface area contributed by atoms with E-state index in [1.165, 1.54) is 0 Å². The number of benzene rings is 1. The molecule has 0 spiro atoms. The summed E-state index contributed by atoms with van der Waals surface area (Å²) in [6, 6.07) is 9.71. The van der Waals surface area contributed by atoms with Crippen molar-refractivity contribution in [2.45, 2.75) is 6.92 Å². The maximum absolute atomic E-state index is 5.62. The highest BCUT2D eigenvalue weighted by atomic mass is 35.5. The van der Waals surface area contributed by atoms with Crippen molar-refractivity contribution < 1.29 is 0 Å². The molecule has 1 rings (SSSR count). The zero-order valence-corrected chi connectivity index (χ0v) is 10.5. The maximum atomic E-state index is 5.62. The van der Waals surface area contributed by atoms with Crippen molar-refractivity contribution in [1.29, 1.82) is 0 Å². The Morgan fingerprint density at radius 1 is 1.18 bits per heavy atom. The molecule has 1 unspecified atom stereocenters. The molecule has 0 saturated heterocycles. The van der Waals surface area contributed by atoms with Gasteiger partial charge in [-0.15, -0.1) is 17.5 Å². The Bertz CT molecular complexity index is 384. The molecule has 0 radical (unpaired) electrons. The first kappa shape index (κ1) is 15.4. The third-order valence-corrected chi connectivity index (χ3v) is 2.16. The second-order valence-electron chi connectivity index (χ2n) is 3.51. The summed E-state index contributed by atoms with van der Waals surface area (Å²) in [6.07, 6.45) is 0. The summed E-state index contributed by atoms with van der Waals surface area (Å²) in [7, 11) is 0. The van der Waals surface area contributed by atoms with Gasteiger partial charge in [0.05, 0.1) is 5.71 Å². The lowest BCUT2D eigenvalue weighted by atomic mass is 9.99. The van der Waals surface area contributed by atoms with Crippen LogP contribution >= 0.6 is 12.4 Å². The molecule has 1 atom stereocenters. The van der Waals surface area contributed by atoms with Crippen LogP contribution in [0.5, 0.6) is 0 Å². The summed E-state index contributed by atoms with van der Waals surface area (Å²) >= 11 is 0. The average Bonchev–Trinajstić information content (AvgIpc) is 2.30. The fourth-order valence-corrected chi connectivity index (χ4v) is 1.27. The van der Waals surface area contributed by atoms with Crippen molar-refractivity contribution in [2.75, 3.05) is 6.54 Å². The van der Waals surface area contributed by atoms with Crippen LogP contribution in [0.4, 0.5) is 0 Å². The van der Waals surface area contributed by atoms with Crippen LogP contribution in [-0.2, 0) is 0 Å². The van der Waals surface area contributed by atoms with E-state index in [2.05, 4.69) is 10.2 Å². The SMILES string of the molecule is CC(CN)C(=NN=C(N)N)c1ccccc1.Cl. The first-order valence-electron chi connectivity index (χ1n) is 5.07. The van der Waals surface area contributed by atoms with Crippen LogP contribution in [0.3, 0.4) is 0 Å². The predicted molar refractivity (Wildman–Crippen MR) is 74.3 cm³/mol. The van der Waals surface area contributed by atoms with Gasteiger partial charge in [-0.25, -0.2) is 0 Å². The smallest absolute Gasteiger partial charge is 0.211 e. The number of rotatable bonds is 4. The van der Waals surface area contributed by atoms with Gasteiger partial charge in [0.15, 0.2) is 0 Å². The van der Waals surface area contributed by atoms with Crippen molar-refractivity contribution in [3.05, 3.63) is 35.9 Å². The zero-order valence-electron chi connectivity index (χ0n) is 9.71. The molecule has 0 fully saturated rings. The molecule has 0 aliphatic carbocycles. The molecule has 0 saturated carbocycles. The minimum Gasteiger partial charge on any atom is -0.369 e. The Kier molecular flexibility index (Phi) is 6.93. The molecule has 0 aliphatic rings. The quantitative estimate of drug-likeness (QED) is 0.419. The van der Waals surface area contributed by atoms with Crippen LogP contribution in [-0.4, -0.2) is 18.2 Å². The van der Waals surface area contributed by atoms with Gasteiger partial charge in [0.2, 0.25) is 5.96 Å². The summed E-state index contributed by atoms with van der Waals surface area (Å²) in [5.41, 5.74) is 17.9. The van der Waals surface area contributed by atoms with Gasteiger partial charge in [-0.1, -0.05) is 37.3 Å². The predicted octanol–water partition coefficient (Wildman–Crippen LogP) is 0.681. The number of hydrogen-bond donors (Lipinski definition) is 3. The van der Waals surface area contributed by atoms with Crippen molar-refractivity contribution >= 4 is 24.1 Å². The molecule has 94 valence electrons. The fourth-order valence-electron chi connectivity index (χ4n) is 1.27. The van der Waals surface area contributed by atoms with E-state index in [4.69, 9.17) is 17.2 Å². The molecule has 0 aliphatic heterocycles. The molecule has 0 amide bonds. The largest absolute Gasteiger partial charge is 0.369 e. The minimum absolute atomic E-state index is 0. The van der Waals surface area contributed by atoms with Gasteiger partial charge in [0.25, 0.3) is 0 Å². The molecule has 0 aromatic heterocycles. The summed E-state index contributed by atoms with van der Waals surface area (Å²) in [5.74, 6) is 0.0446. The van der Waals surface area contributed by atoms with Gasteiger partial charge in [-0.2, -0.15) is 5.10 Å². The van der Waals surface area contributed by atoms with Gasteiger partial charge in [0, 0.05) is 12.5 Å². The summed E-state index contributed by atoms with van der Waals surface area (Å²) in [5, 5.41) is 7.71. The van der Waals surface area contributed by atoms with Gasteiger partial charge < -0.3 is 17.2 Å². The minimum atomic E-state index is -0.0577. The average molecular weight is 256 g/mol. The van der Waals surface area contributed by atoms with Crippen LogP contribution < -0.4 is 17.2 Å². The number of nitrogens with two attached hydrogens (primary N) is 3. The van der Waals surface area contributed by atoms with E-state index in [9.17, 15) is 0 Å². The Labute approximate surface area is 107 Å². The van der Waals surface area contributed by atoms with E-state index in [0.29, 0.717) is 6.54 Å². The molecule has 0 bridgehead atoms. The first-order chi connectivity index (χ1) is 7.65. The van der Waals surface area contributed by atoms with Crippen LogP contribution in [0.15, 0.2) is 40.5 Å². The van der Waals surface area contributed by atoms with E-state index >= 15 is 0 Å². The molecule has 6 N–H and O–H groups in total. The van der Waals surface area contributed by atoms with Crippen molar-refractivity contribution in [3.8, 4) is 0 Å². The summed E-state index contributed by atoms with van der Waals surface area (Å²) < 4.78 is 0. The third kappa shape index (κ3) is 4.84. The lowest BCUT2D eigenvalue weighted by molar-refractivity contribution is 0.778. The number of guanidine groups is 1. The van der Waals surface area contributed by atoms with Crippen LogP contribution in [0.1, 0.15) is 12.5 Å². The number of halogens is 1. The van der Waals surface area contributed by atoms with Gasteiger partial charge >= 0.3 is 0 Å². The molecule has 0 heterocycles. The second-order valence-corrected chi connectivity index (χ2v) is 3.51. The summed E-state index contributed by atoms with van der Waals surface area (Å²) in [4.78, 5) is 0. The maximum Gasteiger partial charge on any atom is 0.211 e. The van der Waals surface area contributed by atoms with E-state index < -0.39 is 0 Å².